The summed E-state index contributed by atoms with van der Waals surface area (Å²) >= 11 is 1.65. The van der Waals surface area contributed by atoms with Crippen LogP contribution in [0.5, 0.6) is 11.5 Å². The van der Waals surface area contributed by atoms with Crippen LogP contribution in [0.15, 0.2) is 35.7 Å². The van der Waals surface area contributed by atoms with E-state index >= 15 is 0 Å². The van der Waals surface area contributed by atoms with E-state index in [0.29, 0.717) is 37.6 Å². The van der Waals surface area contributed by atoms with E-state index in [2.05, 4.69) is 5.32 Å². The molecular formula is C20H26N2O4S. The smallest absolute Gasteiger partial charge is 0.256 e. The average Bonchev–Trinajstić information content (AvgIpc) is 3.19. The molecule has 0 radical (unpaired) electrons. The summed E-state index contributed by atoms with van der Waals surface area (Å²) in [5.41, 5.74) is -0.511. The largest absolute Gasteiger partial charge is 0.493 e. The number of amides is 1. The standard InChI is InChI=1S/C20H26N2O4S/c1-25-17-8-3-6-15(18(17)26-2)13-22-10-5-9-20(24,19(22)23)14-21-12-16-7-4-11-27-16/h3-4,6-8,11,21,24H,5,9-10,12-14H2,1-2H3/t20-/m0/s1. The van der Waals surface area contributed by atoms with E-state index in [4.69, 9.17) is 9.47 Å². The summed E-state index contributed by atoms with van der Waals surface area (Å²) in [6, 6.07) is 9.64. The fourth-order valence-corrected chi connectivity index (χ4v) is 4.14. The van der Waals surface area contributed by atoms with Gasteiger partial charge in [-0.3, -0.25) is 4.79 Å². The number of nitrogens with zero attached hydrogens (tertiary/aromatic N) is 1. The van der Waals surface area contributed by atoms with Crippen LogP contribution < -0.4 is 14.8 Å². The molecule has 2 heterocycles. The molecule has 1 aromatic heterocycles. The van der Waals surface area contributed by atoms with Gasteiger partial charge in [0.15, 0.2) is 17.1 Å². The minimum atomic E-state index is -1.37. The maximum atomic E-state index is 13.0. The molecule has 1 aliphatic rings. The molecule has 146 valence electrons. The van der Waals surface area contributed by atoms with Crippen molar-refractivity contribution in [2.45, 2.75) is 31.5 Å². The molecule has 2 N–H and O–H groups in total. The molecule has 0 unspecified atom stereocenters. The van der Waals surface area contributed by atoms with Crippen LogP contribution in [0.3, 0.4) is 0 Å². The molecule has 1 aromatic carbocycles. The number of hydrogen-bond donors (Lipinski definition) is 2. The van der Waals surface area contributed by atoms with Crippen molar-refractivity contribution in [3.05, 3.63) is 46.2 Å². The average molecular weight is 391 g/mol. The van der Waals surface area contributed by atoms with Gasteiger partial charge in [0.1, 0.15) is 0 Å². The second-order valence-electron chi connectivity index (χ2n) is 6.70. The number of carbonyl (C=O) groups is 1. The number of rotatable bonds is 8. The first-order valence-corrected chi connectivity index (χ1v) is 9.90. The lowest BCUT2D eigenvalue weighted by Crippen LogP contribution is -2.57. The predicted octanol–water partition coefficient (Wildman–Crippen LogP) is 2.41. The lowest BCUT2D eigenvalue weighted by molar-refractivity contribution is -0.157. The third-order valence-corrected chi connectivity index (χ3v) is 5.72. The summed E-state index contributed by atoms with van der Waals surface area (Å²) in [5, 5.41) is 16.2. The quantitative estimate of drug-likeness (QED) is 0.724. The van der Waals surface area contributed by atoms with E-state index < -0.39 is 5.60 Å². The van der Waals surface area contributed by atoms with Crippen LogP contribution in [-0.2, 0) is 17.9 Å². The number of ether oxygens (including phenoxy) is 2. The Bertz CT molecular complexity index is 765. The van der Waals surface area contributed by atoms with Gasteiger partial charge < -0.3 is 24.8 Å². The van der Waals surface area contributed by atoms with Crippen molar-refractivity contribution >= 4 is 17.2 Å². The molecule has 0 saturated carbocycles. The van der Waals surface area contributed by atoms with Crippen molar-refractivity contribution in [3.8, 4) is 11.5 Å². The molecule has 1 aliphatic heterocycles. The molecule has 27 heavy (non-hydrogen) atoms. The van der Waals surface area contributed by atoms with Crippen molar-refractivity contribution in [2.75, 3.05) is 27.3 Å². The first-order valence-electron chi connectivity index (χ1n) is 9.02. The van der Waals surface area contributed by atoms with Crippen molar-refractivity contribution in [1.82, 2.24) is 10.2 Å². The zero-order valence-corrected chi connectivity index (χ0v) is 16.6. The fraction of sp³-hybridized carbons (Fsp3) is 0.450. The number of para-hydroxylation sites is 1. The lowest BCUT2D eigenvalue weighted by Gasteiger charge is -2.38. The summed E-state index contributed by atoms with van der Waals surface area (Å²) in [5.74, 6) is 1.02. The highest BCUT2D eigenvalue weighted by atomic mass is 32.1. The first-order chi connectivity index (χ1) is 13.1. The molecule has 1 amide bonds. The Kier molecular flexibility index (Phi) is 6.36. The van der Waals surface area contributed by atoms with Gasteiger partial charge in [0, 0.05) is 36.6 Å². The molecular weight excluding hydrogens is 364 g/mol. The Labute approximate surface area is 163 Å². The molecule has 7 heteroatoms. The number of nitrogens with one attached hydrogen (secondary N) is 1. The van der Waals surface area contributed by atoms with Gasteiger partial charge in [-0.2, -0.15) is 0 Å². The zero-order valence-electron chi connectivity index (χ0n) is 15.7. The number of hydrogen-bond acceptors (Lipinski definition) is 6. The highest BCUT2D eigenvalue weighted by molar-refractivity contribution is 7.09. The minimum Gasteiger partial charge on any atom is -0.493 e. The van der Waals surface area contributed by atoms with E-state index in [1.54, 1.807) is 30.5 Å². The normalized spacial score (nSPS) is 20.0. The molecule has 0 spiro atoms. The second-order valence-corrected chi connectivity index (χ2v) is 7.73. The Morgan fingerprint density at radius 2 is 2.11 bits per heavy atom. The number of methoxy groups -OCH3 is 2. The number of likely N-dealkylation sites (tertiary alicyclic amines) is 1. The SMILES string of the molecule is COc1cccc(CN2CCC[C@](O)(CNCc3cccs3)C2=O)c1OC. The van der Waals surface area contributed by atoms with E-state index in [1.165, 1.54) is 4.88 Å². The number of benzene rings is 1. The van der Waals surface area contributed by atoms with Crippen LogP contribution in [0.2, 0.25) is 0 Å². The third kappa shape index (κ3) is 4.43. The van der Waals surface area contributed by atoms with Crippen molar-refractivity contribution in [1.29, 1.82) is 0 Å². The topological polar surface area (TPSA) is 71.0 Å². The third-order valence-electron chi connectivity index (χ3n) is 4.85. The fourth-order valence-electron chi connectivity index (χ4n) is 3.47. The summed E-state index contributed by atoms with van der Waals surface area (Å²) in [6.45, 7) is 1.89. The van der Waals surface area contributed by atoms with Gasteiger partial charge in [0.2, 0.25) is 0 Å². The van der Waals surface area contributed by atoms with Crippen molar-refractivity contribution in [3.63, 3.8) is 0 Å². The number of thiophene rings is 1. The molecule has 0 bridgehead atoms. The Morgan fingerprint density at radius 1 is 1.26 bits per heavy atom. The van der Waals surface area contributed by atoms with Crippen LogP contribution in [-0.4, -0.2) is 48.8 Å². The second kappa shape index (κ2) is 8.73. The lowest BCUT2D eigenvalue weighted by atomic mass is 9.91. The van der Waals surface area contributed by atoms with Gasteiger partial charge in [-0.25, -0.2) is 0 Å². The summed E-state index contributed by atoms with van der Waals surface area (Å²) in [7, 11) is 3.18. The monoisotopic (exact) mass is 390 g/mol. The van der Waals surface area contributed by atoms with Gasteiger partial charge in [-0.15, -0.1) is 11.3 Å². The van der Waals surface area contributed by atoms with Gasteiger partial charge in [0.25, 0.3) is 5.91 Å². The number of piperidine rings is 1. The molecule has 1 atom stereocenters. The maximum Gasteiger partial charge on any atom is 0.256 e. The summed E-state index contributed by atoms with van der Waals surface area (Å²) in [4.78, 5) is 15.8. The Balaban J connectivity index is 1.67. The van der Waals surface area contributed by atoms with E-state index in [1.807, 2.05) is 35.7 Å². The molecule has 1 saturated heterocycles. The predicted molar refractivity (Wildman–Crippen MR) is 105 cm³/mol. The maximum absolute atomic E-state index is 13.0. The van der Waals surface area contributed by atoms with E-state index in [9.17, 15) is 9.90 Å². The molecule has 0 aliphatic carbocycles. The van der Waals surface area contributed by atoms with Crippen LogP contribution >= 0.6 is 11.3 Å². The summed E-state index contributed by atoms with van der Waals surface area (Å²) < 4.78 is 10.8. The van der Waals surface area contributed by atoms with Crippen molar-refractivity contribution in [2.24, 2.45) is 0 Å². The Hall–Kier alpha value is -2.09. The minimum absolute atomic E-state index is 0.239. The highest BCUT2D eigenvalue weighted by Gasteiger charge is 2.42. The van der Waals surface area contributed by atoms with Crippen LogP contribution in [0.1, 0.15) is 23.3 Å². The van der Waals surface area contributed by atoms with Gasteiger partial charge in [-0.1, -0.05) is 18.2 Å². The molecule has 1 fully saturated rings. The highest BCUT2D eigenvalue weighted by Crippen LogP contribution is 2.33. The first kappa shape index (κ1) is 19.7. The van der Waals surface area contributed by atoms with E-state index in [0.717, 1.165) is 12.0 Å². The zero-order chi connectivity index (χ0) is 19.3. The van der Waals surface area contributed by atoms with Crippen LogP contribution in [0, 0.1) is 0 Å². The molecule has 6 nitrogen and oxygen atoms in total. The molecule has 3 rings (SSSR count). The Morgan fingerprint density at radius 3 is 2.81 bits per heavy atom. The van der Waals surface area contributed by atoms with Crippen LogP contribution in [0.25, 0.3) is 0 Å². The van der Waals surface area contributed by atoms with Crippen molar-refractivity contribution < 1.29 is 19.4 Å². The van der Waals surface area contributed by atoms with E-state index in [-0.39, 0.29) is 12.5 Å². The number of aliphatic hydroxyl groups is 1. The molecule has 2 aromatic rings. The van der Waals surface area contributed by atoms with Gasteiger partial charge >= 0.3 is 0 Å². The summed E-state index contributed by atoms with van der Waals surface area (Å²) in [6.07, 6.45) is 1.23. The number of carbonyl (C=O) groups excluding carboxylic acids is 1. The van der Waals surface area contributed by atoms with Crippen LogP contribution in [0.4, 0.5) is 0 Å². The van der Waals surface area contributed by atoms with Gasteiger partial charge in [-0.05, 0) is 30.4 Å². The van der Waals surface area contributed by atoms with Gasteiger partial charge in [0.05, 0.1) is 14.2 Å².